The van der Waals surface area contributed by atoms with Gasteiger partial charge in [-0.3, -0.25) is 9.59 Å². The highest BCUT2D eigenvalue weighted by molar-refractivity contribution is 6.07. The summed E-state index contributed by atoms with van der Waals surface area (Å²) in [7, 11) is 1.19. The van der Waals surface area contributed by atoms with Crippen LogP contribution >= 0.6 is 0 Å². The van der Waals surface area contributed by atoms with Gasteiger partial charge in [-0.15, -0.1) is 0 Å². The molecule has 1 aliphatic rings. The number of carbonyl (C=O) groups is 2. The van der Waals surface area contributed by atoms with Crippen LogP contribution in [0.4, 0.5) is 37.7 Å². The summed E-state index contributed by atoms with van der Waals surface area (Å²) in [6, 6.07) is 3.14. The topological polar surface area (TPSA) is 49.9 Å². The predicted octanol–water partition coefficient (Wildman–Crippen LogP) is 2.50. The molecule has 0 saturated carbocycles. The Morgan fingerprint density at radius 2 is 1.38 bits per heavy atom. The minimum atomic E-state index is -5.21. The van der Waals surface area contributed by atoms with Gasteiger partial charge in [0.15, 0.2) is 0 Å². The Hall–Kier alpha value is -2.46. The SMILES string of the molecule is COc1ccc2c(c1)N(C(=O)C(F)(F)F)CCN2C(=O)C(F)(F)F. The first-order chi connectivity index (χ1) is 11.0. The second-order valence-corrected chi connectivity index (χ2v) is 4.76. The van der Waals surface area contributed by atoms with Gasteiger partial charge in [0.05, 0.1) is 18.5 Å². The molecule has 1 aromatic rings. The summed E-state index contributed by atoms with van der Waals surface area (Å²) >= 11 is 0. The first-order valence-corrected chi connectivity index (χ1v) is 6.42. The number of carbonyl (C=O) groups excluding carboxylic acids is 2. The summed E-state index contributed by atoms with van der Waals surface area (Å²) < 4.78 is 80.8. The first-order valence-electron chi connectivity index (χ1n) is 6.42. The van der Waals surface area contributed by atoms with Crippen molar-refractivity contribution >= 4 is 23.2 Å². The first kappa shape index (κ1) is 17.9. The molecule has 0 aromatic heterocycles. The minimum Gasteiger partial charge on any atom is -0.497 e. The van der Waals surface area contributed by atoms with Crippen LogP contribution in [0.1, 0.15) is 0 Å². The van der Waals surface area contributed by atoms with Crippen LogP contribution in [0.25, 0.3) is 0 Å². The number of halogens is 6. The van der Waals surface area contributed by atoms with Crippen molar-refractivity contribution < 1.29 is 40.7 Å². The third-order valence-corrected chi connectivity index (χ3v) is 3.29. The highest BCUT2D eigenvalue weighted by atomic mass is 19.4. The van der Waals surface area contributed by atoms with Crippen LogP contribution in [-0.2, 0) is 9.59 Å². The van der Waals surface area contributed by atoms with Crippen molar-refractivity contribution in [2.45, 2.75) is 12.4 Å². The lowest BCUT2D eigenvalue weighted by Crippen LogP contribution is -2.52. The molecule has 1 heterocycles. The fraction of sp³-hybridized carbons (Fsp3) is 0.385. The number of rotatable bonds is 1. The van der Waals surface area contributed by atoms with E-state index in [0.717, 1.165) is 12.1 Å². The van der Waals surface area contributed by atoms with E-state index in [2.05, 4.69) is 0 Å². The second kappa shape index (κ2) is 5.87. The van der Waals surface area contributed by atoms with Gasteiger partial charge in [-0.05, 0) is 12.1 Å². The average Bonchev–Trinajstić information content (AvgIpc) is 2.50. The average molecular weight is 356 g/mol. The largest absolute Gasteiger partial charge is 0.497 e. The zero-order valence-electron chi connectivity index (χ0n) is 12.0. The van der Waals surface area contributed by atoms with Gasteiger partial charge in [0, 0.05) is 19.2 Å². The number of anilines is 2. The summed E-state index contributed by atoms with van der Waals surface area (Å²) in [6.07, 6.45) is -10.4. The van der Waals surface area contributed by atoms with E-state index in [4.69, 9.17) is 4.74 Å². The maximum Gasteiger partial charge on any atom is 0.471 e. The van der Waals surface area contributed by atoms with E-state index in [0.29, 0.717) is 0 Å². The van der Waals surface area contributed by atoms with Gasteiger partial charge in [-0.25, -0.2) is 0 Å². The van der Waals surface area contributed by atoms with Gasteiger partial charge < -0.3 is 14.5 Å². The molecule has 0 aliphatic carbocycles. The molecular formula is C13H10F6N2O3. The van der Waals surface area contributed by atoms with E-state index >= 15 is 0 Å². The molecule has 0 radical (unpaired) electrons. The second-order valence-electron chi connectivity index (χ2n) is 4.76. The third-order valence-electron chi connectivity index (χ3n) is 3.29. The minimum absolute atomic E-state index is 0.0232. The van der Waals surface area contributed by atoms with E-state index in [-0.39, 0.29) is 15.5 Å². The Kier molecular flexibility index (Phi) is 4.38. The number of fused-ring (bicyclic) bond motifs is 1. The molecular weight excluding hydrogens is 346 g/mol. The number of nitrogens with zero attached hydrogens (tertiary/aromatic N) is 2. The van der Waals surface area contributed by atoms with E-state index in [1.807, 2.05) is 0 Å². The molecule has 0 unspecified atom stereocenters. The number of hydrogen-bond acceptors (Lipinski definition) is 3. The van der Waals surface area contributed by atoms with E-state index in [1.54, 1.807) is 0 Å². The molecule has 24 heavy (non-hydrogen) atoms. The van der Waals surface area contributed by atoms with Crippen LogP contribution in [0.3, 0.4) is 0 Å². The fourth-order valence-corrected chi connectivity index (χ4v) is 2.24. The molecule has 5 nitrogen and oxygen atoms in total. The summed E-state index contributed by atoms with van der Waals surface area (Å²) in [5.41, 5.74) is -0.942. The highest BCUT2D eigenvalue weighted by Gasteiger charge is 2.48. The summed E-state index contributed by atoms with van der Waals surface area (Å²) in [4.78, 5) is 23.5. The number of methoxy groups -OCH3 is 1. The molecule has 0 N–H and O–H groups in total. The van der Waals surface area contributed by atoms with Crippen LogP contribution in [-0.4, -0.2) is 44.4 Å². The lowest BCUT2D eigenvalue weighted by molar-refractivity contribution is -0.171. The zero-order valence-corrected chi connectivity index (χ0v) is 12.0. The Morgan fingerprint density at radius 3 is 1.79 bits per heavy atom. The lowest BCUT2D eigenvalue weighted by Gasteiger charge is -2.37. The van der Waals surface area contributed by atoms with Crippen molar-refractivity contribution in [3.63, 3.8) is 0 Å². The van der Waals surface area contributed by atoms with Crippen molar-refractivity contribution in [2.75, 3.05) is 30.0 Å². The maximum absolute atomic E-state index is 12.7. The molecule has 11 heteroatoms. The van der Waals surface area contributed by atoms with Crippen molar-refractivity contribution in [3.8, 4) is 5.75 Å². The molecule has 2 rings (SSSR count). The van der Waals surface area contributed by atoms with Crippen LogP contribution in [0.5, 0.6) is 5.75 Å². The predicted molar refractivity (Wildman–Crippen MR) is 69.8 cm³/mol. The van der Waals surface area contributed by atoms with Gasteiger partial charge in [0.1, 0.15) is 5.75 Å². The Bertz CT molecular complexity index is 671. The zero-order chi connectivity index (χ0) is 18.3. The van der Waals surface area contributed by atoms with Crippen molar-refractivity contribution in [1.29, 1.82) is 0 Å². The molecule has 0 spiro atoms. The van der Waals surface area contributed by atoms with Crippen LogP contribution in [0.15, 0.2) is 18.2 Å². The van der Waals surface area contributed by atoms with Crippen LogP contribution in [0, 0.1) is 0 Å². The summed E-state index contributed by atoms with van der Waals surface area (Å²) in [5.74, 6) is -4.45. The molecule has 1 aliphatic heterocycles. The summed E-state index contributed by atoms with van der Waals surface area (Å²) in [5, 5.41) is 0. The molecule has 2 amide bonds. The monoisotopic (exact) mass is 356 g/mol. The molecule has 0 bridgehead atoms. The summed E-state index contributed by atoms with van der Waals surface area (Å²) in [6.45, 7) is -1.46. The smallest absolute Gasteiger partial charge is 0.471 e. The van der Waals surface area contributed by atoms with Crippen molar-refractivity contribution in [2.24, 2.45) is 0 Å². The normalized spacial score (nSPS) is 15.1. The van der Waals surface area contributed by atoms with E-state index in [1.165, 1.54) is 13.2 Å². The highest BCUT2D eigenvalue weighted by Crippen LogP contribution is 2.39. The van der Waals surface area contributed by atoms with Gasteiger partial charge >= 0.3 is 24.2 Å². The molecule has 132 valence electrons. The number of amides is 2. The van der Waals surface area contributed by atoms with E-state index < -0.39 is 48.6 Å². The maximum atomic E-state index is 12.7. The fourth-order valence-electron chi connectivity index (χ4n) is 2.24. The van der Waals surface area contributed by atoms with Gasteiger partial charge in [0.25, 0.3) is 0 Å². The number of ether oxygens (including phenoxy) is 1. The van der Waals surface area contributed by atoms with Gasteiger partial charge in [-0.1, -0.05) is 0 Å². The molecule has 0 fully saturated rings. The third kappa shape index (κ3) is 3.24. The number of hydrogen-bond donors (Lipinski definition) is 0. The molecule has 0 saturated heterocycles. The van der Waals surface area contributed by atoms with Crippen LogP contribution < -0.4 is 14.5 Å². The van der Waals surface area contributed by atoms with Crippen molar-refractivity contribution in [3.05, 3.63) is 18.2 Å². The Labute approximate surface area is 131 Å². The van der Waals surface area contributed by atoms with Crippen LogP contribution in [0.2, 0.25) is 0 Å². The Morgan fingerprint density at radius 1 is 0.917 bits per heavy atom. The van der Waals surface area contributed by atoms with Gasteiger partial charge in [-0.2, -0.15) is 26.3 Å². The Balaban J connectivity index is 2.53. The molecule has 0 atom stereocenters. The quantitative estimate of drug-likeness (QED) is 0.727. The number of benzene rings is 1. The van der Waals surface area contributed by atoms with Crippen molar-refractivity contribution in [1.82, 2.24) is 0 Å². The number of alkyl halides is 6. The lowest BCUT2D eigenvalue weighted by atomic mass is 10.1. The van der Waals surface area contributed by atoms with Gasteiger partial charge in [0.2, 0.25) is 0 Å². The molecule has 1 aromatic carbocycles. The van der Waals surface area contributed by atoms with E-state index in [9.17, 15) is 35.9 Å². The standard InChI is InChI=1S/C13H10F6N2O3/c1-24-7-2-3-8-9(6-7)21(11(23)13(17,18)19)5-4-20(8)10(22)12(14,15)16/h2-3,6H,4-5H2,1H3.